The van der Waals surface area contributed by atoms with Crippen LogP contribution < -0.4 is 0 Å². The normalized spacial score (nSPS) is 15.7. The summed E-state index contributed by atoms with van der Waals surface area (Å²) in [7, 11) is 0. The molecule has 4 rings (SSSR count). The van der Waals surface area contributed by atoms with Crippen LogP contribution in [-0.4, -0.2) is 29.2 Å². The van der Waals surface area contributed by atoms with Gasteiger partial charge in [0, 0.05) is 6.42 Å². The van der Waals surface area contributed by atoms with E-state index < -0.39 is 5.97 Å². The number of ether oxygens (including phenoxy) is 1. The summed E-state index contributed by atoms with van der Waals surface area (Å²) < 4.78 is 10.7. The van der Waals surface area contributed by atoms with Crippen molar-refractivity contribution in [2.24, 2.45) is 5.10 Å². The smallest absolute Gasteiger partial charge is 0.310 e. The maximum Gasteiger partial charge on any atom is 0.310 e. The highest BCUT2D eigenvalue weighted by molar-refractivity contribution is 6.03. The summed E-state index contributed by atoms with van der Waals surface area (Å²) in [6.07, 6.45) is 2.22. The third-order valence-electron chi connectivity index (χ3n) is 4.97. The number of aryl methyl sites for hydroxylation is 1. The van der Waals surface area contributed by atoms with Crippen molar-refractivity contribution >= 4 is 17.6 Å². The molecular formula is C24H22N2O4. The molecular weight excluding hydrogens is 380 g/mol. The van der Waals surface area contributed by atoms with Crippen LogP contribution in [0.2, 0.25) is 0 Å². The molecule has 0 bridgehead atoms. The first-order valence-electron chi connectivity index (χ1n) is 9.79. The van der Waals surface area contributed by atoms with Gasteiger partial charge in [-0.2, -0.15) is 5.10 Å². The molecule has 1 aromatic heterocycles. The number of hydrazone groups is 1. The maximum absolute atomic E-state index is 12.8. The molecule has 152 valence electrons. The van der Waals surface area contributed by atoms with Gasteiger partial charge in [0.1, 0.15) is 11.8 Å². The molecule has 0 fully saturated rings. The summed E-state index contributed by atoms with van der Waals surface area (Å²) in [4.78, 5) is 25.0. The molecule has 1 atom stereocenters. The highest BCUT2D eigenvalue weighted by Gasteiger charge is 2.35. The fraction of sp³-hybridized carbons (Fsp3) is 0.208. The largest absolute Gasteiger partial charge is 0.467 e. The first kappa shape index (κ1) is 19.6. The number of furan rings is 1. The predicted octanol–water partition coefficient (Wildman–Crippen LogP) is 4.05. The standard InChI is InChI=1S/C24H22N2O4/c1-17-9-11-19(12-10-17)20-15-21(22-8-5-13-29-22)26(25-20)23(27)16-30-24(28)14-18-6-3-2-4-7-18/h2-13,21H,14-16H2,1H3/t21-/m1/s1. The lowest BCUT2D eigenvalue weighted by Gasteiger charge is -2.19. The summed E-state index contributed by atoms with van der Waals surface area (Å²) in [5, 5.41) is 5.90. The average molecular weight is 402 g/mol. The minimum Gasteiger partial charge on any atom is -0.467 e. The maximum atomic E-state index is 12.8. The van der Waals surface area contributed by atoms with Crippen LogP contribution in [0.5, 0.6) is 0 Å². The highest BCUT2D eigenvalue weighted by atomic mass is 16.5. The van der Waals surface area contributed by atoms with Crippen LogP contribution in [0.25, 0.3) is 0 Å². The Labute approximate surface area is 174 Å². The molecule has 0 aliphatic carbocycles. The van der Waals surface area contributed by atoms with Crippen LogP contribution >= 0.6 is 0 Å². The molecule has 3 aromatic rings. The summed E-state index contributed by atoms with van der Waals surface area (Å²) in [6.45, 7) is 1.65. The molecule has 1 aliphatic rings. The van der Waals surface area contributed by atoms with Crippen LogP contribution in [-0.2, 0) is 20.7 Å². The first-order valence-corrected chi connectivity index (χ1v) is 9.79. The molecule has 2 heterocycles. The fourth-order valence-electron chi connectivity index (χ4n) is 3.39. The highest BCUT2D eigenvalue weighted by Crippen LogP contribution is 2.33. The van der Waals surface area contributed by atoms with Gasteiger partial charge in [0.05, 0.1) is 18.4 Å². The van der Waals surface area contributed by atoms with Crippen LogP contribution in [0.15, 0.2) is 82.5 Å². The van der Waals surface area contributed by atoms with E-state index in [4.69, 9.17) is 9.15 Å². The van der Waals surface area contributed by atoms with E-state index in [1.165, 1.54) is 5.01 Å². The van der Waals surface area contributed by atoms with Crippen LogP contribution in [0.1, 0.15) is 34.9 Å². The molecule has 0 N–H and O–H groups in total. The van der Waals surface area contributed by atoms with Crippen molar-refractivity contribution in [2.45, 2.75) is 25.8 Å². The minimum absolute atomic E-state index is 0.119. The SMILES string of the molecule is Cc1ccc(C2=NN(C(=O)COC(=O)Cc3ccccc3)[C@@H](c3ccco3)C2)cc1. The second-order valence-electron chi connectivity index (χ2n) is 7.21. The zero-order valence-electron chi connectivity index (χ0n) is 16.7. The number of esters is 1. The van der Waals surface area contributed by atoms with Gasteiger partial charge in [-0.25, -0.2) is 5.01 Å². The van der Waals surface area contributed by atoms with Gasteiger partial charge in [-0.05, 0) is 30.2 Å². The summed E-state index contributed by atoms with van der Waals surface area (Å²) in [6, 6.07) is 20.5. The second-order valence-corrected chi connectivity index (χ2v) is 7.21. The predicted molar refractivity (Wildman–Crippen MR) is 112 cm³/mol. The van der Waals surface area contributed by atoms with E-state index in [9.17, 15) is 9.59 Å². The Morgan fingerprint density at radius 1 is 1.07 bits per heavy atom. The molecule has 6 nitrogen and oxygen atoms in total. The molecule has 6 heteroatoms. The van der Waals surface area contributed by atoms with Gasteiger partial charge in [-0.1, -0.05) is 60.2 Å². The number of rotatable bonds is 6. The number of amides is 1. The molecule has 0 spiro atoms. The van der Waals surface area contributed by atoms with Crippen molar-refractivity contribution in [1.82, 2.24) is 5.01 Å². The molecule has 0 saturated heterocycles. The van der Waals surface area contributed by atoms with Gasteiger partial charge in [-0.3, -0.25) is 9.59 Å². The number of hydrogen-bond acceptors (Lipinski definition) is 5. The Morgan fingerprint density at radius 2 is 1.83 bits per heavy atom. The number of carbonyl (C=O) groups excluding carboxylic acids is 2. The molecule has 2 aromatic carbocycles. The zero-order chi connectivity index (χ0) is 20.9. The quantitative estimate of drug-likeness (QED) is 0.583. The first-order chi connectivity index (χ1) is 14.6. The Morgan fingerprint density at radius 3 is 2.53 bits per heavy atom. The Kier molecular flexibility index (Phi) is 5.75. The number of hydrogen-bond donors (Lipinski definition) is 0. The van der Waals surface area contributed by atoms with Gasteiger partial charge in [0.2, 0.25) is 0 Å². The van der Waals surface area contributed by atoms with Crippen molar-refractivity contribution in [3.63, 3.8) is 0 Å². The molecule has 0 unspecified atom stereocenters. The Hall–Kier alpha value is -3.67. The van der Waals surface area contributed by atoms with E-state index in [1.807, 2.05) is 67.6 Å². The van der Waals surface area contributed by atoms with E-state index >= 15 is 0 Å². The lowest BCUT2D eigenvalue weighted by molar-refractivity contribution is -0.152. The van der Waals surface area contributed by atoms with E-state index in [0.717, 1.165) is 22.4 Å². The molecule has 0 saturated carbocycles. The zero-order valence-corrected chi connectivity index (χ0v) is 16.7. The number of carbonyl (C=O) groups is 2. The lowest BCUT2D eigenvalue weighted by Crippen LogP contribution is -2.31. The molecule has 30 heavy (non-hydrogen) atoms. The van der Waals surface area contributed by atoms with Gasteiger partial charge >= 0.3 is 5.97 Å². The number of nitrogens with zero attached hydrogens (tertiary/aromatic N) is 2. The van der Waals surface area contributed by atoms with Crippen molar-refractivity contribution in [3.8, 4) is 0 Å². The summed E-state index contributed by atoms with van der Waals surface area (Å²) in [5.41, 5.74) is 3.73. The molecule has 1 amide bonds. The van der Waals surface area contributed by atoms with E-state index in [1.54, 1.807) is 12.3 Å². The lowest BCUT2D eigenvalue weighted by atomic mass is 10.0. The van der Waals surface area contributed by atoms with E-state index in [2.05, 4.69) is 5.10 Å². The number of benzene rings is 2. The summed E-state index contributed by atoms with van der Waals surface area (Å²) >= 11 is 0. The van der Waals surface area contributed by atoms with Gasteiger partial charge < -0.3 is 9.15 Å². The van der Waals surface area contributed by atoms with Crippen LogP contribution in [0.4, 0.5) is 0 Å². The van der Waals surface area contributed by atoms with Crippen molar-refractivity contribution in [3.05, 3.63) is 95.4 Å². The van der Waals surface area contributed by atoms with Crippen molar-refractivity contribution in [2.75, 3.05) is 6.61 Å². The van der Waals surface area contributed by atoms with Crippen molar-refractivity contribution in [1.29, 1.82) is 0 Å². The van der Waals surface area contributed by atoms with Crippen LogP contribution in [0.3, 0.4) is 0 Å². The van der Waals surface area contributed by atoms with Gasteiger partial charge in [-0.15, -0.1) is 0 Å². The summed E-state index contributed by atoms with van der Waals surface area (Å²) in [5.74, 6) is -0.198. The average Bonchev–Trinajstić information content (AvgIpc) is 3.43. The molecule has 0 radical (unpaired) electrons. The topological polar surface area (TPSA) is 72.1 Å². The van der Waals surface area contributed by atoms with Crippen molar-refractivity contribution < 1.29 is 18.7 Å². The Bertz CT molecular complexity index is 1040. The third-order valence-corrected chi connectivity index (χ3v) is 4.97. The fourth-order valence-corrected chi connectivity index (χ4v) is 3.39. The van der Waals surface area contributed by atoms with Crippen LogP contribution in [0, 0.1) is 6.92 Å². The molecule has 1 aliphatic heterocycles. The van der Waals surface area contributed by atoms with Gasteiger partial charge in [0.15, 0.2) is 6.61 Å². The minimum atomic E-state index is -0.453. The van der Waals surface area contributed by atoms with E-state index in [-0.39, 0.29) is 25.0 Å². The monoisotopic (exact) mass is 402 g/mol. The Balaban J connectivity index is 1.46. The second kappa shape index (κ2) is 8.78. The third kappa shape index (κ3) is 4.49. The van der Waals surface area contributed by atoms with E-state index in [0.29, 0.717) is 12.2 Å². The van der Waals surface area contributed by atoms with Gasteiger partial charge in [0.25, 0.3) is 5.91 Å².